The molecule has 0 spiro atoms. The second-order valence-electron chi connectivity index (χ2n) is 4.51. The van der Waals surface area contributed by atoms with E-state index in [1.165, 1.54) is 0 Å². The third-order valence-electron chi connectivity index (χ3n) is 2.04. The van der Waals surface area contributed by atoms with Crippen molar-refractivity contribution in [1.29, 1.82) is 0 Å². The van der Waals surface area contributed by atoms with Crippen LogP contribution in [0, 0.1) is 11.8 Å². The Morgan fingerprint density at radius 2 is 2.12 bits per heavy atom. The van der Waals surface area contributed by atoms with Crippen molar-refractivity contribution < 1.29 is 9.63 Å². The van der Waals surface area contributed by atoms with Crippen LogP contribution in [0.1, 0.15) is 32.5 Å². The van der Waals surface area contributed by atoms with E-state index in [0.29, 0.717) is 11.8 Å². The third-order valence-corrected chi connectivity index (χ3v) is 3.31. The van der Waals surface area contributed by atoms with Crippen molar-refractivity contribution >= 4 is 11.8 Å². The van der Waals surface area contributed by atoms with Gasteiger partial charge in [0.05, 0.1) is 5.75 Å². The van der Waals surface area contributed by atoms with E-state index in [4.69, 9.17) is 9.63 Å². The van der Waals surface area contributed by atoms with Gasteiger partial charge in [-0.1, -0.05) is 25.9 Å². The van der Waals surface area contributed by atoms with E-state index in [-0.39, 0.29) is 6.61 Å². The smallest absolute Gasteiger partial charge is 0.226 e. The fourth-order valence-corrected chi connectivity index (χ4v) is 2.11. The molecule has 1 aromatic heterocycles. The molecule has 1 heterocycles. The van der Waals surface area contributed by atoms with Crippen molar-refractivity contribution in [1.82, 2.24) is 10.1 Å². The van der Waals surface area contributed by atoms with E-state index in [1.807, 2.05) is 6.92 Å². The number of aromatic nitrogens is 2. The van der Waals surface area contributed by atoms with Crippen LogP contribution < -0.4 is 0 Å². The first-order valence-corrected chi connectivity index (χ1v) is 6.77. The van der Waals surface area contributed by atoms with Gasteiger partial charge in [0.15, 0.2) is 5.82 Å². The molecule has 0 radical (unpaired) electrons. The van der Waals surface area contributed by atoms with Crippen molar-refractivity contribution in [2.45, 2.75) is 32.9 Å². The minimum Gasteiger partial charge on any atom is -0.396 e. The molecule has 16 heavy (non-hydrogen) atoms. The molecular weight excluding hydrogens is 224 g/mol. The summed E-state index contributed by atoms with van der Waals surface area (Å²) in [4.78, 5) is 4.31. The molecule has 1 aromatic rings. The summed E-state index contributed by atoms with van der Waals surface area (Å²) >= 11 is 1.73. The van der Waals surface area contributed by atoms with Crippen LogP contribution in [0.15, 0.2) is 4.52 Å². The number of thioether (sulfide) groups is 1. The van der Waals surface area contributed by atoms with Crippen molar-refractivity contribution in [3.05, 3.63) is 11.7 Å². The molecule has 1 N–H and O–H groups in total. The molecular formula is C11H20N2O2S. The van der Waals surface area contributed by atoms with Gasteiger partial charge in [0.25, 0.3) is 0 Å². The molecule has 0 aromatic carbocycles. The summed E-state index contributed by atoms with van der Waals surface area (Å²) in [6.45, 7) is 6.51. The fourth-order valence-electron chi connectivity index (χ4n) is 1.19. The van der Waals surface area contributed by atoms with Gasteiger partial charge in [-0.25, -0.2) is 0 Å². The largest absolute Gasteiger partial charge is 0.396 e. The van der Waals surface area contributed by atoms with Crippen molar-refractivity contribution in [3.8, 4) is 0 Å². The lowest BCUT2D eigenvalue weighted by molar-refractivity contribution is 0.250. The predicted octanol–water partition coefficient (Wildman–Crippen LogP) is 2.13. The van der Waals surface area contributed by atoms with E-state index in [0.717, 1.165) is 29.6 Å². The Balaban J connectivity index is 2.29. The highest BCUT2D eigenvalue weighted by atomic mass is 32.2. The van der Waals surface area contributed by atoms with Gasteiger partial charge in [-0.05, 0) is 17.6 Å². The zero-order chi connectivity index (χ0) is 12.0. The van der Waals surface area contributed by atoms with E-state index in [2.05, 4.69) is 24.0 Å². The Morgan fingerprint density at radius 1 is 1.38 bits per heavy atom. The maximum Gasteiger partial charge on any atom is 0.226 e. The SMILES string of the molecule is CC(C)Cc1nc(CSCC(C)CO)no1. The minimum absolute atomic E-state index is 0.234. The minimum atomic E-state index is 0.234. The third kappa shape index (κ3) is 4.99. The number of nitrogens with zero attached hydrogens (tertiary/aromatic N) is 2. The zero-order valence-electron chi connectivity index (χ0n) is 10.1. The van der Waals surface area contributed by atoms with Gasteiger partial charge in [-0.15, -0.1) is 0 Å². The maximum absolute atomic E-state index is 8.87. The Bertz CT molecular complexity index is 302. The Labute approximate surface area is 101 Å². The molecule has 1 rings (SSSR count). The zero-order valence-corrected chi connectivity index (χ0v) is 11.0. The summed E-state index contributed by atoms with van der Waals surface area (Å²) in [5, 5.41) is 12.8. The molecule has 5 heteroatoms. The van der Waals surface area contributed by atoms with Gasteiger partial charge in [0, 0.05) is 13.0 Å². The molecule has 0 aliphatic rings. The Kier molecular flexibility index (Phi) is 5.84. The molecule has 0 bridgehead atoms. The van der Waals surface area contributed by atoms with Gasteiger partial charge in [-0.3, -0.25) is 0 Å². The lowest BCUT2D eigenvalue weighted by atomic mass is 10.1. The van der Waals surface area contributed by atoms with E-state index in [9.17, 15) is 0 Å². The first kappa shape index (κ1) is 13.5. The van der Waals surface area contributed by atoms with E-state index in [1.54, 1.807) is 11.8 Å². The average molecular weight is 244 g/mol. The topological polar surface area (TPSA) is 59.2 Å². The number of hydrogen-bond acceptors (Lipinski definition) is 5. The number of rotatable bonds is 7. The van der Waals surface area contributed by atoms with Crippen LogP contribution in [-0.2, 0) is 12.2 Å². The van der Waals surface area contributed by atoms with Crippen molar-refractivity contribution in [2.75, 3.05) is 12.4 Å². The average Bonchev–Trinajstić information content (AvgIpc) is 2.64. The molecule has 0 amide bonds. The Morgan fingerprint density at radius 3 is 2.75 bits per heavy atom. The second-order valence-corrected chi connectivity index (χ2v) is 5.54. The number of hydrogen-bond donors (Lipinski definition) is 1. The van der Waals surface area contributed by atoms with Gasteiger partial charge < -0.3 is 9.63 Å². The summed E-state index contributed by atoms with van der Waals surface area (Å²) < 4.78 is 5.14. The van der Waals surface area contributed by atoms with Crippen LogP contribution >= 0.6 is 11.8 Å². The molecule has 0 saturated heterocycles. The van der Waals surface area contributed by atoms with Gasteiger partial charge in [-0.2, -0.15) is 16.7 Å². The summed E-state index contributed by atoms with van der Waals surface area (Å²) in [5.74, 6) is 4.02. The molecule has 0 aliphatic carbocycles. The monoisotopic (exact) mass is 244 g/mol. The quantitative estimate of drug-likeness (QED) is 0.796. The van der Waals surface area contributed by atoms with Crippen molar-refractivity contribution in [3.63, 3.8) is 0 Å². The lowest BCUT2D eigenvalue weighted by Gasteiger charge is -2.04. The summed E-state index contributed by atoms with van der Waals surface area (Å²) in [6, 6.07) is 0. The van der Waals surface area contributed by atoms with Crippen LogP contribution in [0.25, 0.3) is 0 Å². The number of aliphatic hydroxyl groups excluding tert-OH is 1. The first-order chi connectivity index (χ1) is 7.61. The standard InChI is InChI=1S/C11H20N2O2S/c1-8(2)4-11-12-10(13-15-11)7-16-6-9(3)5-14/h8-9,14H,4-7H2,1-3H3. The molecule has 4 nitrogen and oxygen atoms in total. The molecule has 1 atom stereocenters. The van der Waals surface area contributed by atoms with E-state index >= 15 is 0 Å². The maximum atomic E-state index is 8.87. The molecule has 0 saturated carbocycles. The Hall–Kier alpha value is -0.550. The van der Waals surface area contributed by atoms with Gasteiger partial charge in [0.1, 0.15) is 0 Å². The molecule has 0 fully saturated rings. The fraction of sp³-hybridized carbons (Fsp3) is 0.818. The van der Waals surface area contributed by atoms with Crippen LogP contribution in [0.3, 0.4) is 0 Å². The summed E-state index contributed by atoms with van der Waals surface area (Å²) in [5.41, 5.74) is 0. The van der Waals surface area contributed by atoms with Crippen LogP contribution in [0.2, 0.25) is 0 Å². The number of aliphatic hydroxyl groups is 1. The molecule has 1 unspecified atom stereocenters. The highest BCUT2D eigenvalue weighted by molar-refractivity contribution is 7.98. The van der Waals surface area contributed by atoms with Crippen molar-refractivity contribution in [2.24, 2.45) is 11.8 Å². The normalized spacial score (nSPS) is 13.3. The first-order valence-electron chi connectivity index (χ1n) is 5.61. The van der Waals surface area contributed by atoms with Crippen LogP contribution in [0.5, 0.6) is 0 Å². The summed E-state index contributed by atoms with van der Waals surface area (Å²) in [7, 11) is 0. The van der Waals surface area contributed by atoms with Gasteiger partial charge >= 0.3 is 0 Å². The second kappa shape index (κ2) is 6.91. The molecule has 92 valence electrons. The highest BCUT2D eigenvalue weighted by Gasteiger charge is 2.08. The van der Waals surface area contributed by atoms with E-state index < -0.39 is 0 Å². The van der Waals surface area contributed by atoms with Crippen LogP contribution in [-0.4, -0.2) is 27.6 Å². The van der Waals surface area contributed by atoms with Gasteiger partial charge in [0.2, 0.25) is 5.89 Å². The highest BCUT2D eigenvalue weighted by Crippen LogP contribution is 2.14. The van der Waals surface area contributed by atoms with Crippen LogP contribution in [0.4, 0.5) is 0 Å². The summed E-state index contributed by atoms with van der Waals surface area (Å²) in [6.07, 6.45) is 0.838. The molecule has 0 aliphatic heterocycles. The lowest BCUT2D eigenvalue weighted by Crippen LogP contribution is -2.03. The predicted molar refractivity (Wildman–Crippen MR) is 65.3 cm³/mol.